The molecular formula is C12H24NO2+. The molecule has 0 aliphatic carbocycles. The molecule has 1 fully saturated rings. The lowest BCUT2D eigenvalue weighted by atomic mass is 10.1. The maximum absolute atomic E-state index is 11.2. The number of hydrogen-bond acceptors (Lipinski definition) is 2. The van der Waals surface area contributed by atoms with Crippen molar-refractivity contribution in [1.29, 1.82) is 0 Å². The van der Waals surface area contributed by atoms with Gasteiger partial charge in [-0.1, -0.05) is 0 Å². The second kappa shape index (κ2) is 6.11. The van der Waals surface area contributed by atoms with Gasteiger partial charge in [-0.25, -0.2) is 0 Å². The molecule has 1 aliphatic rings. The van der Waals surface area contributed by atoms with Crippen molar-refractivity contribution >= 4 is 5.97 Å². The quantitative estimate of drug-likeness (QED) is 0.516. The van der Waals surface area contributed by atoms with Crippen LogP contribution >= 0.6 is 0 Å². The van der Waals surface area contributed by atoms with E-state index in [9.17, 15) is 4.79 Å². The molecule has 3 nitrogen and oxygen atoms in total. The van der Waals surface area contributed by atoms with Crippen molar-refractivity contribution in [1.82, 2.24) is 0 Å². The number of nitrogens with zero attached hydrogens (tertiary/aromatic N) is 1. The number of carbonyl (C=O) groups is 1. The van der Waals surface area contributed by atoms with E-state index in [0.29, 0.717) is 13.0 Å². The van der Waals surface area contributed by atoms with Crippen LogP contribution in [0.3, 0.4) is 0 Å². The lowest BCUT2D eigenvalue weighted by Crippen LogP contribution is -2.48. The van der Waals surface area contributed by atoms with E-state index in [1.807, 2.05) is 6.92 Å². The molecule has 3 heteroatoms. The Balaban J connectivity index is 2.15. The lowest BCUT2D eigenvalue weighted by molar-refractivity contribution is -0.914. The SMILES string of the molecule is CCOC(=O)CCC[N+]1(C)CCCCC1. The summed E-state index contributed by atoms with van der Waals surface area (Å²) in [5.74, 6) is -0.0406. The Morgan fingerprint density at radius 3 is 2.53 bits per heavy atom. The fourth-order valence-corrected chi connectivity index (χ4v) is 2.34. The van der Waals surface area contributed by atoms with Gasteiger partial charge in [-0.05, 0) is 26.2 Å². The Morgan fingerprint density at radius 1 is 1.27 bits per heavy atom. The highest BCUT2D eigenvalue weighted by Gasteiger charge is 2.24. The van der Waals surface area contributed by atoms with Gasteiger partial charge in [-0.15, -0.1) is 0 Å². The minimum atomic E-state index is -0.0406. The summed E-state index contributed by atoms with van der Waals surface area (Å²) in [6.07, 6.45) is 5.62. The average Bonchev–Trinajstić information content (AvgIpc) is 2.19. The van der Waals surface area contributed by atoms with Crippen LogP contribution in [0, 0.1) is 0 Å². The Hall–Kier alpha value is -0.570. The zero-order valence-corrected chi connectivity index (χ0v) is 10.1. The normalized spacial score (nSPS) is 19.9. The zero-order valence-electron chi connectivity index (χ0n) is 10.1. The van der Waals surface area contributed by atoms with E-state index in [1.54, 1.807) is 0 Å². The van der Waals surface area contributed by atoms with Crippen LogP contribution in [0.5, 0.6) is 0 Å². The van der Waals surface area contributed by atoms with Gasteiger partial charge in [0.2, 0.25) is 0 Å². The molecule has 0 aromatic carbocycles. The Morgan fingerprint density at radius 2 is 1.93 bits per heavy atom. The fraction of sp³-hybridized carbons (Fsp3) is 0.917. The van der Waals surface area contributed by atoms with Crippen molar-refractivity contribution < 1.29 is 14.0 Å². The molecule has 1 rings (SSSR count). The van der Waals surface area contributed by atoms with Crippen LogP contribution in [-0.4, -0.2) is 43.7 Å². The summed E-state index contributed by atoms with van der Waals surface area (Å²) in [5, 5.41) is 0. The highest BCUT2D eigenvalue weighted by molar-refractivity contribution is 5.69. The highest BCUT2D eigenvalue weighted by atomic mass is 16.5. The van der Waals surface area contributed by atoms with Gasteiger partial charge in [0.15, 0.2) is 0 Å². The van der Waals surface area contributed by atoms with Crippen LogP contribution in [0.15, 0.2) is 0 Å². The van der Waals surface area contributed by atoms with E-state index in [0.717, 1.165) is 17.4 Å². The Labute approximate surface area is 93.0 Å². The van der Waals surface area contributed by atoms with E-state index >= 15 is 0 Å². The second-order valence-corrected chi connectivity index (χ2v) is 4.76. The molecule has 1 heterocycles. The first kappa shape index (κ1) is 12.5. The summed E-state index contributed by atoms with van der Waals surface area (Å²) in [6.45, 7) is 6.05. The third-order valence-electron chi connectivity index (χ3n) is 3.28. The van der Waals surface area contributed by atoms with E-state index in [2.05, 4.69) is 7.05 Å². The van der Waals surface area contributed by atoms with Crippen LogP contribution in [0.25, 0.3) is 0 Å². The lowest BCUT2D eigenvalue weighted by Gasteiger charge is -2.37. The van der Waals surface area contributed by atoms with Crippen LogP contribution < -0.4 is 0 Å². The maximum atomic E-state index is 11.2. The summed E-state index contributed by atoms with van der Waals surface area (Å²) < 4.78 is 6.07. The van der Waals surface area contributed by atoms with Gasteiger partial charge in [-0.3, -0.25) is 4.79 Å². The Bertz CT molecular complexity index is 198. The van der Waals surface area contributed by atoms with E-state index in [4.69, 9.17) is 4.74 Å². The number of quaternary nitrogens is 1. The fourth-order valence-electron chi connectivity index (χ4n) is 2.34. The van der Waals surface area contributed by atoms with E-state index in [1.165, 1.54) is 32.4 Å². The van der Waals surface area contributed by atoms with Gasteiger partial charge in [-0.2, -0.15) is 0 Å². The van der Waals surface area contributed by atoms with E-state index < -0.39 is 0 Å². The molecule has 0 N–H and O–H groups in total. The molecule has 0 bridgehead atoms. The van der Waals surface area contributed by atoms with Gasteiger partial charge in [0.1, 0.15) is 0 Å². The molecule has 0 atom stereocenters. The number of likely N-dealkylation sites (tertiary alicyclic amines) is 1. The zero-order chi connectivity index (χ0) is 11.1. The topological polar surface area (TPSA) is 26.3 Å². The predicted octanol–water partition coefficient (Wildman–Crippen LogP) is 1.96. The van der Waals surface area contributed by atoms with Crippen LogP contribution in [0.4, 0.5) is 0 Å². The number of rotatable bonds is 5. The van der Waals surface area contributed by atoms with Crippen LogP contribution in [0.1, 0.15) is 39.0 Å². The summed E-state index contributed by atoms with van der Waals surface area (Å²) >= 11 is 0. The van der Waals surface area contributed by atoms with Gasteiger partial charge in [0.05, 0.1) is 39.7 Å². The first-order valence-electron chi connectivity index (χ1n) is 6.15. The largest absolute Gasteiger partial charge is 0.466 e. The molecular weight excluding hydrogens is 190 g/mol. The van der Waals surface area contributed by atoms with E-state index in [-0.39, 0.29) is 5.97 Å². The summed E-state index contributed by atoms with van der Waals surface area (Å²) in [6, 6.07) is 0. The maximum Gasteiger partial charge on any atom is 0.305 e. The number of ether oxygens (including phenoxy) is 1. The molecule has 88 valence electrons. The molecule has 0 aromatic rings. The van der Waals surface area contributed by atoms with Crippen molar-refractivity contribution in [2.24, 2.45) is 0 Å². The molecule has 0 amide bonds. The van der Waals surface area contributed by atoms with Gasteiger partial charge < -0.3 is 9.22 Å². The number of esters is 1. The molecule has 0 spiro atoms. The molecule has 0 radical (unpaired) electrons. The number of hydrogen-bond donors (Lipinski definition) is 0. The molecule has 1 aliphatic heterocycles. The van der Waals surface area contributed by atoms with Gasteiger partial charge in [0, 0.05) is 6.42 Å². The summed E-state index contributed by atoms with van der Waals surface area (Å²) in [5.41, 5.74) is 0. The van der Waals surface area contributed by atoms with Crippen molar-refractivity contribution in [3.05, 3.63) is 0 Å². The molecule has 0 saturated carbocycles. The van der Waals surface area contributed by atoms with Crippen LogP contribution in [-0.2, 0) is 9.53 Å². The summed E-state index contributed by atoms with van der Waals surface area (Å²) in [4.78, 5) is 11.2. The minimum Gasteiger partial charge on any atom is -0.466 e. The standard InChI is InChI=1S/C12H24NO2/c1-3-15-12(14)8-7-11-13(2)9-5-4-6-10-13/h3-11H2,1-2H3/q+1. The third-order valence-corrected chi connectivity index (χ3v) is 3.28. The smallest absolute Gasteiger partial charge is 0.305 e. The molecule has 15 heavy (non-hydrogen) atoms. The molecule has 0 unspecified atom stereocenters. The first-order chi connectivity index (χ1) is 7.16. The average molecular weight is 214 g/mol. The second-order valence-electron chi connectivity index (χ2n) is 4.76. The van der Waals surface area contributed by atoms with Gasteiger partial charge >= 0.3 is 5.97 Å². The van der Waals surface area contributed by atoms with Gasteiger partial charge in [0.25, 0.3) is 0 Å². The Kier molecular flexibility index (Phi) is 5.09. The monoisotopic (exact) mass is 214 g/mol. The third kappa shape index (κ3) is 4.65. The number of carbonyl (C=O) groups excluding carboxylic acids is 1. The summed E-state index contributed by atoms with van der Waals surface area (Å²) in [7, 11) is 2.31. The highest BCUT2D eigenvalue weighted by Crippen LogP contribution is 2.17. The van der Waals surface area contributed by atoms with Crippen molar-refractivity contribution in [3.63, 3.8) is 0 Å². The first-order valence-corrected chi connectivity index (χ1v) is 6.15. The van der Waals surface area contributed by atoms with Crippen molar-refractivity contribution in [2.45, 2.75) is 39.0 Å². The minimum absolute atomic E-state index is 0.0406. The van der Waals surface area contributed by atoms with Crippen LogP contribution in [0.2, 0.25) is 0 Å². The van der Waals surface area contributed by atoms with Crippen molar-refractivity contribution in [2.75, 3.05) is 33.3 Å². The number of piperidine rings is 1. The molecule has 0 aromatic heterocycles. The molecule has 1 saturated heterocycles. The van der Waals surface area contributed by atoms with Crippen molar-refractivity contribution in [3.8, 4) is 0 Å². The predicted molar refractivity (Wildman–Crippen MR) is 60.5 cm³/mol.